The Morgan fingerprint density at radius 2 is 2.06 bits per heavy atom. The summed E-state index contributed by atoms with van der Waals surface area (Å²) in [6.07, 6.45) is -2.87. The van der Waals surface area contributed by atoms with Gasteiger partial charge in [-0.15, -0.1) is 0 Å². The maximum atomic E-state index is 11.6. The average molecular weight is 238 g/mol. The van der Waals surface area contributed by atoms with Gasteiger partial charge in [-0.3, -0.25) is 4.79 Å². The average Bonchev–Trinajstić information content (AvgIpc) is 2.34. The van der Waals surface area contributed by atoms with Crippen LogP contribution < -0.4 is 4.74 Å². The molecule has 1 aliphatic heterocycles. The lowest BCUT2D eigenvalue weighted by Gasteiger charge is -2.31. The van der Waals surface area contributed by atoms with Crippen LogP contribution in [-0.2, 0) is 9.53 Å². The minimum atomic E-state index is -1.06. The summed E-state index contributed by atoms with van der Waals surface area (Å²) in [4.78, 5) is 11.6. The summed E-state index contributed by atoms with van der Waals surface area (Å²) >= 11 is 0. The fourth-order valence-corrected chi connectivity index (χ4v) is 1.64. The number of carbonyl (C=O) groups is 1. The summed E-state index contributed by atoms with van der Waals surface area (Å²) in [5.41, 5.74) is 0. The molecule has 1 saturated heterocycles. The number of aliphatic hydroxyl groups is 2. The lowest BCUT2D eigenvalue weighted by molar-refractivity contribution is -0.197. The van der Waals surface area contributed by atoms with Crippen molar-refractivity contribution in [3.63, 3.8) is 0 Å². The van der Waals surface area contributed by atoms with Crippen LogP contribution in [0.5, 0.6) is 5.75 Å². The van der Waals surface area contributed by atoms with Crippen LogP contribution in [0.3, 0.4) is 0 Å². The summed E-state index contributed by atoms with van der Waals surface area (Å²) in [7, 11) is 0. The number of aliphatic hydroxyl groups excluding tert-OH is 2. The largest absolute Gasteiger partial charge is 0.457 e. The van der Waals surface area contributed by atoms with E-state index in [2.05, 4.69) is 0 Å². The topological polar surface area (TPSA) is 76.0 Å². The van der Waals surface area contributed by atoms with Crippen LogP contribution in [0.25, 0.3) is 0 Å². The number of ketones is 1. The van der Waals surface area contributed by atoms with Gasteiger partial charge in [-0.25, -0.2) is 0 Å². The number of benzene rings is 1. The first-order chi connectivity index (χ1) is 8.20. The standard InChI is InChI=1S/C12H14O5/c13-7-11-9(14)6-10(15)12(17-11)16-8-4-2-1-3-5-8/h1-5,9,11-14H,6-7H2/t9-,11-,12-/m1/s1. The molecule has 2 rings (SSSR count). The van der Waals surface area contributed by atoms with E-state index in [0.717, 1.165) is 0 Å². The third-order valence-corrected chi connectivity index (χ3v) is 2.57. The molecule has 5 nitrogen and oxygen atoms in total. The second kappa shape index (κ2) is 5.27. The molecule has 1 heterocycles. The van der Waals surface area contributed by atoms with Gasteiger partial charge in [0.15, 0.2) is 0 Å². The van der Waals surface area contributed by atoms with E-state index in [1.54, 1.807) is 24.3 Å². The number of hydrogen-bond donors (Lipinski definition) is 2. The molecule has 0 saturated carbocycles. The van der Waals surface area contributed by atoms with E-state index >= 15 is 0 Å². The predicted molar refractivity (Wildman–Crippen MR) is 58.4 cm³/mol. The highest BCUT2D eigenvalue weighted by Gasteiger charge is 2.36. The van der Waals surface area contributed by atoms with E-state index in [1.165, 1.54) is 0 Å². The van der Waals surface area contributed by atoms with Crippen molar-refractivity contribution in [3.8, 4) is 5.75 Å². The first-order valence-corrected chi connectivity index (χ1v) is 5.39. The number of Topliss-reactive ketones (excluding diaryl/α,β-unsaturated/α-hetero) is 1. The van der Waals surface area contributed by atoms with Gasteiger partial charge >= 0.3 is 0 Å². The first-order valence-electron chi connectivity index (χ1n) is 5.39. The normalized spacial score (nSPS) is 29.1. The monoisotopic (exact) mass is 238 g/mol. The third-order valence-electron chi connectivity index (χ3n) is 2.57. The quantitative estimate of drug-likeness (QED) is 0.781. The summed E-state index contributed by atoms with van der Waals surface area (Å²) in [5, 5.41) is 18.4. The summed E-state index contributed by atoms with van der Waals surface area (Å²) < 4.78 is 10.5. The second-order valence-electron chi connectivity index (χ2n) is 3.86. The van der Waals surface area contributed by atoms with Crippen LogP contribution in [0, 0.1) is 0 Å². The van der Waals surface area contributed by atoms with Crippen LogP contribution in [-0.4, -0.2) is 41.1 Å². The van der Waals surface area contributed by atoms with E-state index in [1.807, 2.05) is 6.07 Å². The smallest absolute Gasteiger partial charge is 0.260 e. The Morgan fingerprint density at radius 1 is 1.35 bits per heavy atom. The van der Waals surface area contributed by atoms with Gasteiger partial charge in [0.1, 0.15) is 11.9 Å². The Morgan fingerprint density at radius 3 is 2.71 bits per heavy atom. The molecular formula is C12H14O5. The van der Waals surface area contributed by atoms with E-state index in [9.17, 15) is 9.90 Å². The number of para-hydroxylation sites is 1. The molecule has 0 radical (unpaired) electrons. The molecule has 0 unspecified atom stereocenters. The molecule has 3 atom stereocenters. The molecule has 1 fully saturated rings. The lowest BCUT2D eigenvalue weighted by Crippen LogP contribution is -2.48. The number of hydrogen-bond acceptors (Lipinski definition) is 5. The summed E-state index contributed by atoms with van der Waals surface area (Å²) in [6, 6.07) is 8.80. The van der Waals surface area contributed by atoms with Crippen molar-refractivity contribution in [3.05, 3.63) is 30.3 Å². The number of ether oxygens (including phenoxy) is 2. The molecular weight excluding hydrogens is 224 g/mol. The Hall–Kier alpha value is -1.43. The van der Waals surface area contributed by atoms with Gasteiger partial charge in [-0.1, -0.05) is 18.2 Å². The molecule has 2 N–H and O–H groups in total. The van der Waals surface area contributed by atoms with Crippen molar-refractivity contribution in [2.75, 3.05) is 6.61 Å². The van der Waals surface area contributed by atoms with Gasteiger partial charge in [0.2, 0.25) is 5.78 Å². The van der Waals surface area contributed by atoms with Crippen molar-refractivity contribution in [2.45, 2.75) is 24.9 Å². The fourth-order valence-electron chi connectivity index (χ4n) is 1.64. The van der Waals surface area contributed by atoms with Crippen molar-refractivity contribution in [2.24, 2.45) is 0 Å². The van der Waals surface area contributed by atoms with Gasteiger partial charge in [-0.05, 0) is 12.1 Å². The highest BCUT2D eigenvalue weighted by atomic mass is 16.7. The zero-order valence-corrected chi connectivity index (χ0v) is 9.15. The van der Waals surface area contributed by atoms with Crippen LogP contribution in [0.1, 0.15) is 6.42 Å². The van der Waals surface area contributed by atoms with Gasteiger partial charge in [0, 0.05) is 6.42 Å². The minimum absolute atomic E-state index is 0.0667. The van der Waals surface area contributed by atoms with Crippen molar-refractivity contribution in [1.29, 1.82) is 0 Å². The highest BCUT2D eigenvalue weighted by Crippen LogP contribution is 2.20. The van der Waals surface area contributed by atoms with Crippen molar-refractivity contribution >= 4 is 5.78 Å². The Labute approximate surface area is 98.6 Å². The molecule has 1 aromatic carbocycles. The minimum Gasteiger partial charge on any atom is -0.457 e. The number of carbonyl (C=O) groups excluding carboxylic acids is 1. The summed E-state index contributed by atoms with van der Waals surface area (Å²) in [6.45, 7) is -0.344. The molecule has 0 spiro atoms. The maximum Gasteiger partial charge on any atom is 0.260 e. The molecule has 0 amide bonds. The first kappa shape index (κ1) is 12.0. The molecule has 1 aliphatic rings. The van der Waals surface area contributed by atoms with E-state index in [-0.39, 0.29) is 18.8 Å². The molecule has 0 aromatic heterocycles. The van der Waals surface area contributed by atoms with Crippen LogP contribution in [0.2, 0.25) is 0 Å². The maximum absolute atomic E-state index is 11.6. The van der Waals surface area contributed by atoms with Crippen molar-refractivity contribution < 1.29 is 24.5 Å². The molecule has 0 bridgehead atoms. The van der Waals surface area contributed by atoms with E-state index in [4.69, 9.17) is 14.6 Å². The second-order valence-corrected chi connectivity index (χ2v) is 3.86. The molecule has 1 aromatic rings. The van der Waals surface area contributed by atoms with Gasteiger partial charge in [0.25, 0.3) is 6.29 Å². The van der Waals surface area contributed by atoms with Gasteiger partial charge in [0.05, 0.1) is 12.7 Å². The van der Waals surface area contributed by atoms with Gasteiger partial charge in [-0.2, -0.15) is 0 Å². The highest BCUT2D eigenvalue weighted by molar-refractivity contribution is 5.83. The predicted octanol–water partition coefficient (Wildman–Crippen LogP) is 0.103. The zero-order valence-electron chi connectivity index (χ0n) is 9.15. The Balaban J connectivity index is 2.03. The molecule has 5 heteroatoms. The molecule has 0 aliphatic carbocycles. The number of rotatable bonds is 3. The van der Waals surface area contributed by atoms with Crippen LogP contribution in [0.4, 0.5) is 0 Å². The third kappa shape index (κ3) is 2.82. The van der Waals surface area contributed by atoms with Crippen LogP contribution in [0.15, 0.2) is 30.3 Å². The van der Waals surface area contributed by atoms with Crippen molar-refractivity contribution in [1.82, 2.24) is 0 Å². The Kier molecular flexibility index (Phi) is 3.73. The van der Waals surface area contributed by atoms with E-state index in [0.29, 0.717) is 5.75 Å². The lowest BCUT2D eigenvalue weighted by atomic mass is 10.0. The fraction of sp³-hybridized carbons (Fsp3) is 0.417. The summed E-state index contributed by atoms with van der Waals surface area (Å²) in [5.74, 6) is 0.185. The zero-order chi connectivity index (χ0) is 12.3. The van der Waals surface area contributed by atoms with Crippen LogP contribution >= 0.6 is 0 Å². The Bertz CT molecular complexity index is 378. The van der Waals surface area contributed by atoms with E-state index < -0.39 is 18.5 Å². The molecule has 17 heavy (non-hydrogen) atoms. The van der Waals surface area contributed by atoms with Gasteiger partial charge < -0.3 is 19.7 Å². The molecule has 92 valence electrons. The SMILES string of the molecule is O=C1C[C@@H](O)[C@@H](CO)O[C@H]1Oc1ccccc1.